The molecule has 0 saturated carbocycles. The highest BCUT2D eigenvalue weighted by Gasteiger charge is 2.06. The number of ether oxygens (including phenoxy) is 1. The molecule has 0 heterocycles. The van der Waals surface area contributed by atoms with E-state index >= 15 is 0 Å². The van der Waals surface area contributed by atoms with Crippen molar-refractivity contribution in [1.29, 1.82) is 0 Å². The highest BCUT2D eigenvalue weighted by Crippen LogP contribution is 2.25. The minimum absolute atomic E-state index is 0.239. The number of rotatable bonds is 3. The lowest BCUT2D eigenvalue weighted by atomic mass is 10.1. The van der Waals surface area contributed by atoms with Gasteiger partial charge in [-0.15, -0.1) is 0 Å². The Hall–Kier alpha value is -1.87. The normalized spacial score (nSPS) is 10.3. The minimum atomic E-state index is -0.293. The van der Waals surface area contributed by atoms with Crippen LogP contribution in [-0.4, -0.2) is 12.5 Å². The zero-order valence-electron chi connectivity index (χ0n) is 8.85. The number of benzene rings is 2. The van der Waals surface area contributed by atoms with Gasteiger partial charge in [-0.2, -0.15) is 0 Å². The Bertz CT molecular complexity index is 503. The van der Waals surface area contributed by atoms with E-state index in [1.807, 2.05) is 36.4 Å². The monoisotopic (exact) mass is 215 g/mol. The maximum atomic E-state index is 11.4. The van der Waals surface area contributed by atoms with Crippen LogP contribution in [0.1, 0.15) is 6.42 Å². The third kappa shape index (κ3) is 2.20. The number of hydrogen-bond acceptors (Lipinski definition) is 3. The molecule has 0 fully saturated rings. The Balaban J connectivity index is 2.33. The van der Waals surface area contributed by atoms with Gasteiger partial charge in [0.1, 0.15) is 5.75 Å². The first-order chi connectivity index (χ1) is 7.81. The highest BCUT2D eigenvalue weighted by atomic mass is 16.5. The van der Waals surface area contributed by atoms with Crippen LogP contribution in [0.5, 0.6) is 5.75 Å². The van der Waals surface area contributed by atoms with Gasteiger partial charge in [-0.25, -0.2) is 0 Å². The fraction of sp³-hybridized carbons (Fsp3) is 0.154. The summed E-state index contributed by atoms with van der Waals surface area (Å²) in [5, 5.41) is 2.00. The molecule has 2 N–H and O–H groups in total. The average Bonchev–Trinajstić information content (AvgIpc) is 2.30. The summed E-state index contributed by atoms with van der Waals surface area (Å²) in [5.74, 6) is 0.301. The SMILES string of the molecule is NCCC(=O)Oc1cccc2ccccc12. The fourth-order valence-corrected chi connectivity index (χ4v) is 1.58. The van der Waals surface area contributed by atoms with Crippen LogP contribution in [0.4, 0.5) is 0 Å². The largest absolute Gasteiger partial charge is 0.426 e. The summed E-state index contributed by atoms with van der Waals surface area (Å²) < 4.78 is 5.25. The van der Waals surface area contributed by atoms with Gasteiger partial charge in [-0.1, -0.05) is 36.4 Å². The molecule has 0 aliphatic rings. The number of carbonyl (C=O) groups excluding carboxylic acids is 1. The molecule has 0 saturated heterocycles. The lowest BCUT2D eigenvalue weighted by Gasteiger charge is -2.06. The van der Waals surface area contributed by atoms with Gasteiger partial charge in [-0.05, 0) is 11.5 Å². The highest BCUT2D eigenvalue weighted by molar-refractivity contribution is 5.90. The number of carbonyl (C=O) groups is 1. The third-order valence-electron chi connectivity index (χ3n) is 2.32. The summed E-state index contributed by atoms with van der Waals surface area (Å²) in [4.78, 5) is 11.4. The standard InChI is InChI=1S/C13H13NO2/c14-9-8-13(15)16-12-7-3-5-10-4-1-2-6-11(10)12/h1-7H,8-9,14H2. The van der Waals surface area contributed by atoms with Crippen LogP contribution >= 0.6 is 0 Å². The van der Waals surface area contributed by atoms with Crippen molar-refractivity contribution in [3.63, 3.8) is 0 Å². The van der Waals surface area contributed by atoms with Crippen LogP contribution in [-0.2, 0) is 4.79 Å². The van der Waals surface area contributed by atoms with Crippen molar-refractivity contribution in [1.82, 2.24) is 0 Å². The summed E-state index contributed by atoms with van der Waals surface area (Å²) in [6.45, 7) is 0.309. The van der Waals surface area contributed by atoms with Crippen molar-refractivity contribution in [2.75, 3.05) is 6.54 Å². The summed E-state index contributed by atoms with van der Waals surface area (Å²) in [5.41, 5.74) is 5.29. The number of nitrogens with two attached hydrogens (primary N) is 1. The van der Waals surface area contributed by atoms with Crippen LogP contribution in [0.15, 0.2) is 42.5 Å². The van der Waals surface area contributed by atoms with E-state index in [-0.39, 0.29) is 12.4 Å². The molecule has 0 aliphatic heterocycles. The predicted octanol–water partition coefficient (Wildman–Crippen LogP) is 2.09. The van der Waals surface area contributed by atoms with Gasteiger partial charge in [-0.3, -0.25) is 4.79 Å². The molecule has 0 atom stereocenters. The van der Waals surface area contributed by atoms with E-state index in [2.05, 4.69) is 0 Å². The molecule has 3 heteroatoms. The van der Waals surface area contributed by atoms with Crippen molar-refractivity contribution in [2.45, 2.75) is 6.42 Å². The van der Waals surface area contributed by atoms with Crippen LogP contribution in [0, 0.1) is 0 Å². The van der Waals surface area contributed by atoms with Crippen LogP contribution in [0.3, 0.4) is 0 Å². The van der Waals surface area contributed by atoms with E-state index < -0.39 is 0 Å². The van der Waals surface area contributed by atoms with Gasteiger partial charge >= 0.3 is 5.97 Å². The molecule has 2 aromatic rings. The molecule has 0 radical (unpaired) electrons. The molecule has 0 spiro atoms. The van der Waals surface area contributed by atoms with Gasteiger partial charge in [0.15, 0.2) is 0 Å². The van der Waals surface area contributed by atoms with Crippen molar-refractivity contribution >= 4 is 16.7 Å². The van der Waals surface area contributed by atoms with Gasteiger partial charge in [0.25, 0.3) is 0 Å². The molecule has 0 bridgehead atoms. The Morgan fingerprint density at radius 1 is 1.12 bits per heavy atom. The third-order valence-corrected chi connectivity index (χ3v) is 2.32. The van der Waals surface area contributed by atoms with Crippen LogP contribution in [0.2, 0.25) is 0 Å². The summed E-state index contributed by atoms with van der Waals surface area (Å²) in [6.07, 6.45) is 0.239. The predicted molar refractivity (Wildman–Crippen MR) is 63.3 cm³/mol. The first-order valence-electron chi connectivity index (χ1n) is 5.20. The van der Waals surface area contributed by atoms with Gasteiger partial charge < -0.3 is 10.5 Å². The maximum Gasteiger partial charge on any atom is 0.312 e. The zero-order valence-corrected chi connectivity index (χ0v) is 8.85. The molecule has 0 aliphatic carbocycles. The van der Waals surface area contributed by atoms with E-state index in [0.29, 0.717) is 12.3 Å². The van der Waals surface area contributed by atoms with Crippen LogP contribution in [0.25, 0.3) is 10.8 Å². The lowest BCUT2D eigenvalue weighted by Crippen LogP contribution is -2.13. The number of esters is 1. The number of fused-ring (bicyclic) bond motifs is 1. The van der Waals surface area contributed by atoms with E-state index in [4.69, 9.17) is 10.5 Å². The second-order valence-corrected chi connectivity index (χ2v) is 3.49. The van der Waals surface area contributed by atoms with Gasteiger partial charge in [0.05, 0.1) is 6.42 Å². The van der Waals surface area contributed by atoms with Crippen molar-refractivity contribution < 1.29 is 9.53 Å². The molecule has 2 aromatic carbocycles. The topological polar surface area (TPSA) is 52.3 Å². The Kier molecular flexibility index (Phi) is 3.17. The quantitative estimate of drug-likeness (QED) is 0.630. The molecule has 0 unspecified atom stereocenters. The average molecular weight is 215 g/mol. The first kappa shape index (κ1) is 10.6. The zero-order chi connectivity index (χ0) is 11.4. The van der Waals surface area contributed by atoms with E-state index in [0.717, 1.165) is 10.8 Å². The molecular weight excluding hydrogens is 202 g/mol. The van der Waals surface area contributed by atoms with E-state index in [1.165, 1.54) is 0 Å². The lowest BCUT2D eigenvalue weighted by molar-refractivity contribution is -0.134. The maximum absolute atomic E-state index is 11.4. The fourth-order valence-electron chi connectivity index (χ4n) is 1.58. The second kappa shape index (κ2) is 4.77. The molecular formula is C13H13NO2. The summed E-state index contributed by atoms with van der Waals surface area (Å²) in [6, 6.07) is 13.4. The molecule has 0 aromatic heterocycles. The second-order valence-electron chi connectivity index (χ2n) is 3.49. The Morgan fingerprint density at radius 2 is 1.88 bits per heavy atom. The summed E-state index contributed by atoms with van der Waals surface area (Å²) in [7, 11) is 0. The smallest absolute Gasteiger partial charge is 0.312 e. The van der Waals surface area contributed by atoms with Crippen LogP contribution < -0.4 is 10.5 Å². The minimum Gasteiger partial charge on any atom is -0.426 e. The Labute approximate surface area is 93.8 Å². The summed E-state index contributed by atoms with van der Waals surface area (Å²) >= 11 is 0. The molecule has 16 heavy (non-hydrogen) atoms. The Morgan fingerprint density at radius 3 is 2.69 bits per heavy atom. The molecule has 2 rings (SSSR count). The molecule has 82 valence electrons. The van der Waals surface area contributed by atoms with Crippen molar-refractivity contribution in [3.8, 4) is 5.75 Å². The van der Waals surface area contributed by atoms with Gasteiger partial charge in [0, 0.05) is 11.9 Å². The first-order valence-corrected chi connectivity index (χ1v) is 5.20. The van der Waals surface area contributed by atoms with E-state index in [9.17, 15) is 4.79 Å². The van der Waals surface area contributed by atoms with Gasteiger partial charge in [0.2, 0.25) is 0 Å². The number of hydrogen-bond donors (Lipinski definition) is 1. The molecule has 0 amide bonds. The molecule has 3 nitrogen and oxygen atoms in total. The van der Waals surface area contributed by atoms with E-state index in [1.54, 1.807) is 6.07 Å². The van der Waals surface area contributed by atoms with Crippen molar-refractivity contribution in [2.24, 2.45) is 5.73 Å². The van der Waals surface area contributed by atoms with Crippen molar-refractivity contribution in [3.05, 3.63) is 42.5 Å².